The Kier molecular flexibility index (Phi) is 4.20. The highest BCUT2D eigenvalue weighted by atomic mass is 16.5. The van der Waals surface area contributed by atoms with E-state index in [1.165, 1.54) is 13.5 Å². The van der Waals surface area contributed by atoms with Gasteiger partial charge in [-0.05, 0) is 25.8 Å². The number of nitrogens with zero attached hydrogens (tertiary/aromatic N) is 4. The molecule has 1 aromatic rings. The molecule has 3 heterocycles. The quantitative estimate of drug-likeness (QED) is 0.452. The molecule has 1 saturated heterocycles. The number of carbonyl (C=O) groups excluding carboxylic acids is 1. The molecule has 1 atom stereocenters. The summed E-state index contributed by atoms with van der Waals surface area (Å²) in [6.07, 6.45) is 4.51. The summed E-state index contributed by atoms with van der Waals surface area (Å²) < 4.78 is 6.80. The number of hydrogen-bond acceptors (Lipinski definition) is 5. The van der Waals surface area contributed by atoms with Crippen LogP contribution in [0.2, 0.25) is 0 Å². The topological polar surface area (TPSA) is 60.2 Å². The van der Waals surface area contributed by atoms with Crippen LogP contribution in [0.1, 0.15) is 36.8 Å². The zero-order chi connectivity index (χ0) is 14.7. The van der Waals surface area contributed by atoms with Crippen molar-refractivity contribution in [2.24, 2.45) is 0 Å². The summed E-state index contributed by atoms with van der Waals surface area (Å²) in [5.74, 6) is 7.59. The number of methoxy groups -OCH3 is 1. The average Bonchev–Trinajstić information content (AvgIpc) is 3.10. The molecule has 6 heteroatoms. The number of aryl methyl sites for hydroxylation is 1. The third-order valence-corrected chi connectivity index (χ3v) is 4.19. The molecular formula is C15H20N4O2. The normalized spacial score (nSPS) is 21.5. The second-order valence-corrected chi connectivity index (χ2v) is 5.60. The van der Waals surface area contributed by atoms with Gasteiger partial charge < -0.3 is 9.30 Å². The molecule has 1 fully saturated rings. The highest BCUT2D eigenvalue weighted by Crippen LogP contribution is 2.28. The number of rotatable bonds is 2. The fraction of sp³-hybridized carbons (Fsp3) is 0.667. The van der Waals surface area contributed by atoms with E-state index in [1.54, 1.807) is 0 Å². The van der Waals surface area contributed by atoms with Crippen LogP contribution in [0.15, 0.2) is 0 Å². The van der Waals surface area contributed by atoms with Crippen molar-refractivity contribution in [2.75, 3.05) is 26.7 Å². The van der Waals surface area contributed by atoms with Gasteiger partial charge in [0.1, 0.15) is 11.6 Å². The molecule has 0 amide bonds. The first-order valence-electron chi connectivity index (χ1n) is 7.49. The SMILES string of the molecule is COC(=O)C#CCN1CCCC(c2nnc3n2CCC3)C1. The maximum absolute atomic E-state index is 11.0. The van der Waals surface area contributed by atoms with Crippen LogP contribution in [0.25, 0.3) is 0 Å². The van der Waals surface area contributed by atoms with Gasteiger partial charge in [0.25, 0.3) is 0 Å². The number of esters is 1. The van der Waals surface area contributed by atoms with Gasteiger partial charge >= 0.3 is 5.97 Å². The Morgan fingerprint density at radius 3 is 3.14 bits per heavy atom. The summed E-state index contributed by atoms with van der Waals surface area (Å²) in [5.41, 5.74) is 0. The van der Waals surface area contributed by atoms with E-state index in [4.69, 9.17) is 0 Å². The van der Waals surface area contributed by atoms with Gasteiger partial charge in [0, 0.05) is 31.3 Å². The van der Waals surface area contributed by atoms with E-state index < -0.39 is 5.97 Å². The lowest BCUT2D eigenvalue weighted by Crippen LogP contribution is -2.35. The van der Waals surface area contributed by atoms with Gasteiger partial charge in [0.05, 0.1) is 13.7 Å². The van der Waals surface area contributed by atoms with Crippen LogP contribution >= 0.6 is 0 Å². The minimum absolute atomic E-state index is 0.429. The number of carbonyl (C=O) groups is 1. The molecule has 2 aliphatic rings. The Bertz CT molecular complexity index is 584. The fourth-order valence-electron chi connectivity index (χ4n) is 3.16. The molecule has 0 N–H and O–H groups in total. The first-order valence-corrected chi connectivity index (χ1v) is 7.49. The van der Waals surface area contributed by atoms with E-state index in [2.05, 4.69) is 36.2 Å². The summed E-state index contributed by atoms with van der Waals surface area (Å²) >= 11 is 0. The van der Waals surface area contributed by atoms with Crippen LogP contribution in [0.3, 0.4) is 0 Å². The third-order valence-electron chi connectivity index (χ3n) is 4.19. The Labute approximate surface area is 124 Å². The highest BCUT2D eigenvalue weighted by molar-refractivity contribution is 5.88. The third kappa shape index (κ3) is 3.08. The molecule has 21 heavy (non-hydrogen) atoms. The molecule has 0 aliphatic carbocycles. The lowest BCUT2D eigenvalue weighted by Gasteiger charge is -2.30. The van der Waals surface area contributed by atoms with Crippen LogP contribution in [-0.2, 0) is 22.5 Å². The maximum Gasteiger partial charge on any atom is 0.384 e. The van der Waals surface area contributed by atoms with Crippen LogP contribution in [0.5, 0.6) is 0 Å². The van der Waals surface area contributed by atoms with Gasteiger partial charge in [-0.15, -0.1) is 10.2 Å². The largest absolute Gasteiger partial charge is 0.459 e. The van der Waals surface area contributed by atoms with Crippen LogP contribution in [-0.4, -0.2) is 52.4 Å². The Morgan fingerprint density at radius 2 is 2.29 bits per heavy atom. The summed E-state index contributed by atoms with van der Waals surface area (Å²) in [6.45, 7) is 3.62. The molecule has 1 unspecified atom stereocenters. The molecular weight excluding hydrogens is 268 g/mol. The first-order chi connectivity index (χ1) is 10.3. The van der Waals surface area contributed by atoms with Crippen molar-refractivity contribution < 1.29 is 9.53 Å². The van der Waals surface area contributed by atoms with Gasteiger partial charge in [-0.2, -0.15) is 0 Å². The maximum atomic E-state index is 11.0. The average molecular weight is 288 g/mol. The Balaban J connectivity index is 1.62. The summed E-state index contributed by atoms with van der Waals surface area (Å²) in [4.78, 5) is 13.3. The van der Waals surface area contributed by atoms with E-state index in [0.29, 0.717) is 12.5 Å². The molecule has 0 bridgehead atoms. The number of fused-ring (bicyclic) bond motifs is 1. The number of aromatic nitrogens is 3. The molecule has 0 saturated carbocycles. The standard InChI is InChI=1S/C15H20N4O2/c1-21-14(20)7-4-9-18-8-2-5-12(11-18)15-17-16-13-6-3-10-19(13)15/h12H,2-3,5-6,8-11H2,1H3. The smallest absolute Gasteiger partial charge is 0.384 e. The van der Waals surface area contributed by atoms with Crippen LogP contribution < -0.4 is 0 Å². The molecule has 0 radical (unpaired) electrons. The van der Waals surface area contributed by atoms with Gasteiger partial charge in [-0.25, -0.2) is 4.79 Å². The van der Waals surface area contributed by atoms with E-state index in [0.717, 1.165) is 50.5 Å². The highest BCUT2D eigenvalue weighted by Gasteiger charge is 2.27. The summed E-state index contributed by atoms with van der Waals surface area (Å²) in [5, 5.41) is 8.69. The summed E-state index contributed by atoms with van der Waals surface area (Å²) in [6, 6.07) is 0. The van der Waals surface area contributed by atoms with Crippen molar-refractivity contribution in [1.82, 2.24) is 19.7 Å². The Morgan fingerprint density at radius 1 is 1.38 bits per heavy atom. The number of likely N-dealkylation sites (tertiary alicyclic amines) is 1. The van der Waals surface area contributed by atoms with E-state index in [9.17, 15) is 4.79 Å². The molecule has 2 aliphatic heterocycles. The molecule has 0 aromatic carbocycles. The van der Waals surface area contributed by atoms with E-state index >= 15 is 0 Å². The number of hydrogen-bond donors (Lipinski definition) is 0. The van der Waals surface area contributed by atoms with Gasteiger partial charge in [0.2, 0.25) is 0 Å². The van der Waals surface area contributed by atoms with E-state index in [-0.39, 0.29) is 0 Å². The van der Waals surface area contributed by atoms with Crippen LogP contribution in [0, 0.1) is 11.8 Å². The lowest BCUT2D eigenvalue weighted by molar-refractivity contribution is -0.133. The van der Waals surface area contributed by atoms with Gasteiger partial charge in [-0.1, -0.05) is 5.92 Å². The van der Waals surface area contributed by atoms with Crippen molar-refractivity contribution >= 4 is 5.97 Å². The van der Waals surface area contributed by atoms with Crippen molar-refractivity contribution in [3.63, 3.8) is 0 Å². The molecule has 3 rings (SSSR count). The molecule has 6 nitrogen and oxygen atoms in total. The minimum Gasteiger partial charge on any atom is -0.459 e. The van der Waals surface area contributed by atoms with Crippen molar-refractivity contribution in [1.29, 1.82) is 0 Å². The van der Waals surface area contributed by atoms with Crippen molar-refractivity contribution in [3.8, 4) is 11.8 Å². The first kappa shape index (κ1) is 14.1. The van der Waals surface area contributed by atoms with Gasteiger partial charge in [-0.3, -0.25) is 4.90 Å². The summed E-state index contributed by atoms with van der Waals surface area (Å²) in [7, 11) is 1.35. The predicted molar refractivity (Wildman–Crippen MR) is 76.6 cm³/mol. The van der Waals surface area contributed by atoms with Crippen LogP contribution in [0.4, 0.5) is 0 Å². The zero-order valence-electron chi connectivity index (χ0n) is 12.3. The van der Waals surface area contributed by atoms with E-state index in [1.807, 2.05) is 0 Å². The van der Waals surface area contributed by atoms with Crippen molar-refractivity contribution in [3.05, 3.63) is 11.6 Å². The second-order valence-electron chi connectivity index (χ2n) is 5.60. The minimum atomic E-state index is -0.473. The Hall–Kier alpha value is -1.87. The number of ether oxygens (including phenoxy) is 1. The monoisotopic (exact) mass is 288 g/mol. The predicted octanol–water partition coefficient (Wildman–Crippen LogP) is 0.580. The number of piperidine rings is 1. The fourth-order valence-corrected chi connectivity index (χ4v) is 3.16. The van der Waals surface area contributed by atoms with Gasteiger partial charge in [0.15, 0.2) is 0 Å². The van der Waals surface area contributed by atoms with Crippen molar-refractivity contribution in [2.45, 2.75) is 38.1 Å². The molecule has 1 aromatic heterocycles. The zero-order valence-corrected chi connectivity index (χ0v) is 12.3. The molecule has 0 spiro atoms. The second kappa shape index (κ2) is 6.27. The molecule has 112 valence electrons. The lowest BCUT2D eigenvalue weighted by atomic mass is 9.97.